The number of nitrogen functional groups attached to an aromatic ring is 1. The molecule has 0 aliphatic rings. The van der Waals surface area contributed by atoms with E-state index in [0.717, 1.165) is 17.7 Å². The minimum atomic E-state index is -0.228. The second-order valence-electron chi connectivity index (χ2n) is 4.79. The van der Waals surface area contributed by atoms with Gasteiger partial charge in [-0.25, -0.2) is 4.39 Å². The fraction of sp³-hybridized carbons (Fsp3) is 0.188. The van der Waals surface area contributed by atoms with Gasteiger partial charge in [0.25, 0.3) is 0 Å². The van der Waals surface area contributed by atoms with Crippen molar-refractivity contribution in [3.63, 3.8) is 0 Å². The van der Waals surface area contributed by atoms with Gasteiger partial charge in [-0.2, -0.15) is 5.26 Å². The summed E-state index contributed by atoms with van der Waals surface area (Å²) in [7, 11) is 0. The predicted octanol–water partition coefficient (Wildman–Crippen LogP) is 3.32. The molecule has 3 nitrogen and oxygen atoms in total. The van der Waals surface area contributed by atoms with Gasteiger partial charge in [0.05, 0.1) is 11.3 Å². The summed E-state index contributed by atoms with van der Waals surface area (Å²) < 4.78 is 12.8. The van der Waals surface area contributed by atoms with Crippen molar-refractivity contribution in [2.75, 3.05) is 11.1 Å². The molecule has 4 heteroatoms. The second kappa shape index (κ2) is 6.07. The number of nitrogens with zero attached hydrogens (tertiary/aromatic N) is 1. The molecule has 2 rings (SSSR count). The summed E-state index contributed by atoms with van der Waals surface area (Å²) in [4.78, 5) is 0. The molecule has 0 aliphatic carbocycles. The van der Waals surface area contributed by atoms with Crippen LogP contribution in [0.1, 0.15) is 18.1 Å². The summed E-state index contributed by atoms with van der Waals surface area (Å²) in [6.07, 6.45) is 0.778. The molecule has 0 saturated carbocycles. The highest BCUT2D eigenvalue weighted by Crippen LogP contribution is 2.18. The third-order valence-electron chi connectivity index (χ3n) is 3.04. The lowest BCUT2D eigenvalue weighted by molar-refractivity contribution is 0.626. The molecule has 0 aromatic heterocycles. The Labute approximate surface area is 117 Å². The standard InChI is InChI=1S/C16H16FN3/c1-11(8-12-2-5-14(17)6-3-12)20-15-7-4-13(10-18)16(19)9-15/h2-7,9,11,20H,8,19H2,1H3. The van der Waals surface area contributed by atoms with E-state index in [9.17, 15) is 4.39 Å². The van der Waals surface area contributed by atoms with Gasteiger partial charge >= 0.3 is 0 Å². The quantitative estimate of drug-likeness (QED) is 0.837. The molecule has 0 spiro atoms. The molecule has 1 unspecified atom stereocenters. The number of hydrogen-bond acceptors (Lipinski definition) is 3. The van der Waals surface area contributed by atoms with E-state index in [2.05, 4.69) is 5.32 Å². The molecule has 0 radical (unpaired) electrons. The minimum Gasteiger partial charge on any atom is -0.398 e. The average molecular weight is 269 g/mol. The van der Waals surface area contributed by atoms with E-state index in [0.29, 0.717) is 11.3 Å². The Hall–Kier alpha value is -2.54. The number of nitrogens with one attached hydrogen (secondary N) is 1. The van der Waals surface area contributed by atoms with Crippen LogP contribution >= 0.6 is 0 Å². The molecule has 20 heavy (non-hydrogen) atoms. The zero-order valence-electron chi connectivity index (χ0n) is 11.2. The van der Waals surface area contributed by atoms with Crippen molar-refractivity contribution in [3.8, 4) is 6.07 Å². The maximum absolute atomic E-state index is 12.8. The molecular weight excluding hydrogens is 253 g/mol. The molecule has 2 aromatic rings. The summed E-state index contributed by atoms with van der Waals surface area (Å²) in [5, 5.41) is 12.1. The van der Waals surface area contributed by atoms with Crippen LogP contribution in [0.3, 0.4) is 0 Å². The van der Waals surface area contributed by atoms with Gasteiger partial charge in [0.1, 0.15) is 11.9 Å². The number of hydrogen-bond donors (Lipinski definition) is 2. The maximum Gasteiger partial charge on any atom is 0.123 e. The van der Waals surface area contributed by atoms with Gasteiger partial charge in [-0.15, -0.1) is 0 Å². The molecule has 0 saturated heterocycles. The smallest absolute Gasteiger partial charge is 0.123 e. The molecule has 0 heterocycles. The first-order valence-electron chi connectivity index (χ1n) is 6.39. The third-order valence-corrected chi connectivity index (χ3v) is 3.04. The Morgan fingerprint density at radius 1 is 1.25 bits per heavy atom. The summed E-state index contributed by atoms with van der Waals surface area (Å²) in [5.41, 5.74) is 8.65. The highest BCUT2D eigenvalue weighted by Gasteiger charge is 2.06. The van der Waals surface area contributed by atoms with Crippen LogP contribution in [-0.2, 0) is 6.42 Å². The fourth-order valence-corrected chi connectivity index (χ4v) is 2.06. The fourth-order valence-electron chi connectivity index (χ4n) is 2.06. The topological polar surface area (TPSA) is 61.8 Å². The van der Waals surface area contributed by atoms with Crippen molar-refractivity contribution >= 4 is 11.4 Å². The van der Waals surface area contributed by atoms with Crippen molar-refractivity contribution in [1.82, 2.24) is 0 Å². The van der Waals surface area contributed by atoms with E-state index in [1.54, 1.807) is 24.3 Å². The number of benzene rings is 2. The first-order valence-corrected chi connectivity index (χ1v) is 6.39. The zero-order valence-corrected chi connectivity index (χ0v) is 11.2. The Balaban J connectivity index is 2.01. The molecule has 2 aromatic carbocycles. The maximum atomic E-state index is 12.8. The monoisotopic (exact) mass is 269 g/mol. The minimum absolute atomic E-state index is 0.174. The van der Waals surface area contributed by atoms with Crippen molar-refractivity contribution in [3.05, 3.63) is 59.4 Å². The molecule has 0 bridgehead atoms. The SMILES string of the molecule is CC(Cc1ccc(F)cc1)Nc1ccc(C#N)c(N)c1. The van der Waals surface area contributed by atoms with E-state index in [-0.39, 0.29) is 11.9 Å². The van der Waals surface area contributed by atoms with Crippen LogP contribution in [0.4, 0.5) is 15.8 Å². The van der Waals surface area contributed by atoms with E-state index in [1.807, 2.05) is 19.1 Å². The average Bonchev–Trinajstić information content (AvgIpc) is 2.41. The molecule has 0 aliphatic heterocycles. The van der Waals surface area contributed by atoms with E-state index in [4.69, 9.17) is 11.0 Å². The molecule has 0 amide bonds. The third kappa shape index (κ3) is 3.48. The van der Waals surface area contributed by atoms with Gasteiger partial charge in [0.2, 0.25) is 0 Å². The summed E-state index contributed by atoms with van der Waals surface area (Å²) in [6.45, 7) is 2.04. The van der Waals surface area contributed by atoms with E-state index < -0.39 is 0 Å². The molecule has 0 fully saturated rings. The van der Waals surface area contributed by atoms with Crippen molar-refractivity contribution in [2.24, 2.45) is 0 Å². The number of nitrogens with two attached hydrogens (primary N) is 1. The zero-order chi connectivity index (χ0) is 14.5. The van der Waals surface area contributed by atoms with E-state index in [1.165, 1.54) is 12.1 Å². The number of rotatable bonds is 4. The van der Waals surface area contributed by atoms with Crippen LogP contribution in [-0.4, -0.2) is 6.04 Å². The Morgan fingerprint density at radius 2 is 1.95 bits per heavy atom. The van der Waals surface area contributed by atoms with Gasteiger partial charge in [0.15, 0.2) is 0 Å². The van der Waals surface area contributed by atoms with Gasteiger partial charge < -0.3 is 11.1 Å². The first kappa shape index (κ1) is 13.9. The highest BCUT2D eigenvalue weighted by molar-refractivity contribution is 5.62. The lowest BCUT2D eigenvalue weighted by atomic mass is 10.1. The normalized spacial score (nSPS) is 11.7. The number of halogens is 1. The molecule has 3 N–H and O–H groups in total. The van der Waals surface area contributed by atoms with Gasteiger partial charge in [-0.3, -0.25) is 0 Å². The number of nitriles is 1. The second-order valence-corrected chi connectivity index (χ2v) is 4.79. The highest BCUT2D eigenvalue weighted by atomic mass is 19.1. The van der Waals surface area contributed by atoms with Gasteiger partial charge in [-0.05, 0) is 49.2 Å². The van der Waals surface area contributed by atoms with Gasteiger partial charge in [0, 0.05) is 11.7 Å². The first-order chi connectivity index (χ1) is 9.58. The van der Waals surface area contributed by atoms with Gasteiger partial charge in [-0.1, -0.05) is 12.1 Å². The van der Waals surface area contributed by atoms with Crippen LogP contribution in [0, 0.1) is 17.1 Å². The van der Waals surface area contributed by atoms with Crippen LogP contribution in [0.5, 0.6) is 0 Å². The van der Waals surface area contributed by atoms with Crippen molar-refractivity contribution in [1.29, 1.82) is 5.26 Å². The Morgan fingerprint density at radius 3 is 2.55 bits per heavy atom. The lowest BCUT2D eigenvalue weighted by Gasteiger charge is -2.16. The molecule has 102 valence electrons. The molecular formula is C16H16FN3. The number of anilines is 2. The molecule has 1 atom stereocenters. The van der Waals surface area contributed by atoms with Crippen LogP contribution < -0.4 is 11.1 Å². The Kier molecular flexibility index (Phi) is 4.21. The largest absolute Gasteiger partial charge is 0.398 e. The van der Waals surface area contributed by atoms with Crippen LogP contribution in [0.25, 0.3) is 0 Å². The summed E-state index contributed by atoms with van der Waals surface area (Å²) in [5.74, 6) is -0.228. The Bertz CT molecular complexity index is 629. The summed E-state index contributed by atoms with van der Waals surface area (Å²) >= 11 is 0. The van der Waals surface area contributed by atoms with Crippen LogP contribution in [0.2, 0.25) is 0 Å². The van der Waals surface area contributed by atoms with Crippen molar-refractivity contribution < 1.29 is 4.39 Å². The van der Waals surface area contributed by atoms with Crippen molar-refractivity contribution in [2.45, 2.75) is 19.4 Å². The lowest BCUT2D eigenvalue weighted by Crippen LogP contribution is -2.18. The predicted molar refractivity (Wildman–Crippen MR) is 78.8 cm³/mol. The van der Waals surface area contributed by atoms with E-state index >= 15 is 0 Å². The summed E-state index contributed by atoms with van der Waals surface area (Å²) in [6, 6.07) is 14.0. The van der Waals surface area contributed by atoms with Crippen LogP contribution in [0.15, 0.2) is 42.5 Å².